The lowest BCUT2D eigenvalue weighted by atomic mass is 10.1. The molecule has 1 aliphatic heterocycles. The van der Waals surface area contributed by atoms with E-state index in [-0.39, 0.29) is 5.91 Å². The first-order valence-corrected chi connectivity index (χ1v) is 6.83. The van der Waals surface area contributed by atoms with Crippen molar-refractivity contribution < 1.29 is 9.21 Å². The second-order valence-corrected chi connectivity index (χ2v) is 4.99. The SMILES string of the molecule is O=C(CC1CCCN1)Nc1ccc(-c2cnco2)cc1. The van der Waals surface area contributed by atoms with Crippen molar-refractivity contribution in [2.45, 2.75) is 25.3 Å². The van der Waals surface area contributed by atoms with Crippen LogP contribution in [0.4, 0.5) is 5.69 Å². The van der Waals surface area contributed by atoms with Gasteiger partial charge >= 0.3 is 0 Å². The Balaban J connectivity index is 1.59. The summed E-state index contributed by atoms with van der Waals surface area (Å²) in [5.41, 5.74) is 1.74. The fourth-order valence-electron chi connectivity index (χ4n) is 2.44. The van der Waals surface area contributed by atoms with E-state index in [9.17, 15) is 4.79 Å². The summed E-state index contributed by atoms with van der Waals surface area (Å²) < 4.78 is 5.22. The van der Waals surface area contributed by atoms with Gasteiger partial charge in [0.1, 0.15) is 0 Å². The zero-order valence-electron chi connectivity index (χ0n) is 11.1. The topological polar surface area (TPSA) is 67.2 Å². The van der Waals surface area contributed by atoms with Crippen molar-refractivity contribution in [2.24, 2.45) is 0 Å². The van der Waals surface area contributed by atoms with Gasteiger partial charge in [-0.25, -0.2) is 4.98 Å². The van der Waals surface area contributed by atoms with Crippen molar-refractivity contribution in [3.8, 4) is 11.3 Å². The Morgan fingerprint density at radius 3 is 2.90 bits per heavy atom. The maximum Gasteiger partial charge on any atom is 0.225 e. The Kier molecular flexibility index (Phi) is 3.78. The van der Waals surface area contributed by atoms with Crippen LogP contribution in [-0.2, 0) is 4.79 Å². The fourth-order valence-corrected chi connectivity index (χ4v) is 2.44. The zero-order chi connectivity index (χ0) is 13.8. The van der Waals surface area contributed by atoms with Crippen molar-refractivity contribution >= 4 is 11.6 Å². The molecule has 5 nitrogen and oxygen atoms in total. The summed E-state index contributed by atoms with van der Waals surface area (Å²) in [5.74, 6) is 0.773. The number of benzene rings is 1. The Morgan fingerprint density at radius 2 is 2.25 bits per heavy atom. The van der Waals surface area contributed by atoms with E-state index >= 15 is 0 Å². The van der Waals surface area contributed by atoms with E-state index in [0.717, 1.165) is 36.4 Å². The van der Waals surface area contributed by atoms with Crippen LogP contribution in [0, 0.1) is 0 Å². The van der Waals surface area contributed by atoms with Crippen LogP contribution >= 0.6 is 0 Å². The third kappa shape index (κ3) is 3.05. The number of rotatable bonds is 4. The van der Waals surface area contributed by atoms with Gasteiger partial charge in [-0.15, -0.1) is 0 Å². The molecule has 0 aliphatic carbocycles. The maximum atomic E-state index is 11.9. The third-order valence-corrected chi connectivity index (χ3v) is 3.48. The fraction of sp³-hybridized carbons (Fsp3) is 0.333. The number of hydrogen-bond donors (Lipinski definition) is 2. The molecule has 1 atom stereocenters. The maximum absolute atomic E-state index is 11.9. The summed E-state index contributed by atoms with van der Waals surface area (Å²) in [6, 6.07) is 7.88. The standard InChI is InChI=1S/C15H17N3O2/c19-15(8-13-2-1-7-17-13)18-12-5-3-11(4-6-12)14-9-16-10-20-14/h3-6,9-10,13,17H,1-2,7-8H2,(H,18,19). The van der Waals surface area contributed by atoms with E-state index in [1.54, 1.807) is 6.20 Å². The van der Waals surface area contributed by atoms with Crippen molar-refractivity contribution in [3.05, 3.63) is 36.9 Å². The van der Waals surface area contributed by atoms with Crippen LogP contribution < -0.4 is 10.6 Å². The predicted octanol–water partition coefficient (Wildman–Crippen LogP) is 2.42. The number of amides is 1. The molecule has 2 heterocycles. The second-order valence-electron chi connectivity index (χ2n) is 4.99. The minimum atomic E-state index is 0.0526. The van der Waals surface area contributed by atoms with E-state index in [2.05, 4.69) is 15.6 Å². The molecular weight excluding hydrogens is 254 g/mol. The Hall–Kier alpha value is -2.14. The summed E-state index contributed by atoms with van der Waals surface area (Å²) in [4.78, 5) is 15.8. The van der Waals surface area contributed by atoms with E-state index in [1.165, 1.54) is 6.39 Å². The van der Waals surface area contributed by atoms with Crippen molar-refractivity contribution in [1.29, 1.82) is 0 Å². The number of carbonyl (C=O) groups is 1. The van der Waals surface area contributed by atoms with Crippen molar-refractivity contribution in [3.63, 3.8) is 0 Å². The third-order valence-electron chi connectivity index (χ3n) is 3.48. The van der Waals surface area contributed by atoms with E-state index in [1.807, 2.05) is 24.3 Å². The first-order chi connectivity index (χ1) is 9.81. The molecule has 2 aromatic rings. The Bertz CT molecular complexity index is 557. The quantitative estimate of drug-likeness (QED) is 0.896. The van der Waals surface area contributed by atoms with Crippen LogP contribution in [0.15, 0.2) is 41.3 Å². The summed E-state index contributed by atoms with van der Waals surface area (Å²) in [6.45, 7) is 1.02. The highest BCUT2D eigenvalue weighted by Gasteiger charge is 2.17. The van der Waals surface area contributed by atoms with Crippen molar-refractivity contribution in [1.82, 2.24) is 10.3 Å². The Labute approximate surface area is 117 Å². The van der Waals surface area contributed by atoms with Gasteiger partial charge in [0.05, 0.1) is 6.20 Å². The average Bonchev–Trinajstić information content (AvgIpc) is 3.12. The monoisotopic (exact) mass is 271 g/mol. The molecule has 0 radical (unpaired) electrons. The van der Waals surface area contributed by atoms with Crippen LogP contribution in [0.3, 0.4) is 0 Å². The number of carbonyl (C=O) groups excluding carboxylic acids is 1. The van der Waals surface area contributed by atoms with Crippen LogP contribution in [0.5, 0.6) is 0 Å². The van der Waals surface area contributed by atoms with E-state index in [4.69, 9.17) is 4.42 Å². The van der Waals surface area contributed by atoms with Crippen LogP contribution in [0.2, 0.25) is 0 Å². The smallest absolute Gasteiger partial charge is 0.225 e. The lowest BCUT2D eigenvalue weighted by Crippen LogP contribution is -2.27. The van der Waals surface area contributed by atoms with Gasteiger partial charge in [-0.05, 0) is 43.7 Å². The Morgan fingerprint density at radius 1 is 1.40 bits per heavy atom. The van der Waals surface area contributed by atoms with Gasteiger partial charge in [0.2, 0.25) is 5.91 Å². The summed E-state index contributed by atoms with van der Waals surface area (Å²) in [7, 11) is 0. The highest BCUT2D eigenvalue weighted by atomic mass is 16.3. The van der Waals surface area contributed by atoms with Gasteiger partial charge in [-0.1, -0.05) is 0 Å². The number of nitrogens with zero attached hydrogens (tertiary/aromatic N) is 1. The molecule has 3 rings (SSSR count). The van der Waals surface area contributed by atoms with Crippen LogP contribution in [0.25, 0.3) is 11.3 Å². The van der Waals surface area contributed by atoms with E-state index < -0.39 is 0 Å². The summed E-state index contributed by atoms with van der Waals surface area (Å²) in [6.07, 6.45) is 5.84. The lowest BCUT2D eigenvalue weighted by Gasteiger charge is -2.10. The highest BCUT2D eigenvalue weighted by Crippen LogP contribution is 2.21. The summed E-state index contributed by atoms with van der Waals surface area (Å²) in [5, 5.41) is 6.24. The molecule has 1 aliphatic rings. The van der Waals surface area contributed by atoms with Gasteiger partial charge in [0.15, 0.2) is 12.2 Å². The molecular formula is C15H17N3O2. The normalized spacial score (nSPS) is 18.1. The second kappa shape index (κ2) is 5.88. The molecule has 5 heteroatoms. The molecule has 1 saturated heterocycles. The molecule has 1 unspecified atom stereocenters. The number of anilines is 1. The zero-order valence-corrected chi connectivity index (χ0v) is 11.1. The highest BCUT2D eigenvalue weighted by molar-refractivity contribution is 5.91. The molecule has 0 spiro atoms. The number of aromatic nitrogens is 1. The molecule has 1 amide bonds. The number of nitrogens with one attached hydrogen (secondary N) is 2. The van der Waals surface area contributed by atoms with Gasteiger partial charge in [0, 0.05) is 23.7 Å². The van der Waals surface area contributed by atoms with Crippen LogP contribution in [0.1, 0.15) is 19.3 Å². The molecule has 2 N–H and O–H groups in total. The van der Waals surface area contributed by atoms with Crippen molar-refractivity contribution in [2.75, 3.05) is 11.9 Å². The lowest BCUT2D eigenvalue weighted by molar-refractivity contribution is -0.116. The largest absolute Gasteiger partial charge is 0.444 e. The average molecular weight is 271 g/mol. The minimum Gasteiger partial charge on any atom is -0.444 e. The molecule has 1 aromatic heterocycles. The summed E-state index contributed by atoms with van der Waals surface area (Å²) >= 11 is 0. The molecule has 0 saturated carbocycles. The molecule has 20 heavy (non-hydrogen) atoms. The first-order valence-electron chi connectivity index (χ1n) is 6.83. The number of oxazole rings is 1. The van der Waals surface area contributed by atoms with Gasteiger partial charge in [-0.2, -0.15) is 0 Å². The molecule has 1 aromatic carbocycles. The molecule has 104 valence electrons. The minimum absolute atomic E-state index is 0.0526. The van der Waals surface area contributed by atoms with Gasteiger partial charge in [0.25, 0.3) is 0 Å². The number of hydrogen-bond acceptors (Lipinski definition) is 4. The molecule has 0 bridgehead atoms. The van der Waals surface area contributed by atoms with Gasteiger partial charge < -0.3 is 15.1 Å². The van der Waals surface area contributed by atoms with E-state index in [0.29, 0.717) is 12.5 Å². The van der Waals surface area contributed by atoms with Crippen LogP contribution in [-0.4, -0.2) is 23.5 Å². The van der Waals surface area contributed by atoms with Gasteiger partial charge in [-0.3, -0.25) is 4.79 Å². The predicted molar refractivity (Wildman–Crippen MR) is 76.2 cm³/mol. The first kappa shape index (κ1) is 12.9. The molecule has 1 fully saturated rings.